The maximum absolute atomic E-state index is 13.1. The molecule has 1 saturated heterocycles. The molecule has 0 bridgehead atoms. The predicted octanol–water partition coefficient (Wildman–Crippen LogP) is 2.11. The van der Waals surface area contributed by atoms with E-state index in [-0.39, 0.29) is 17.5 Å². The third-order valence-corrected chi connectivity index (χ3v) is 5.41. The number of amides is 1. The summed E-state index contributed by atoms with van der Waals surface area (Å²) in [5.74, 6) is -0.00199. The van der Waals surface area contributed by atoms with Crippen LogP contribution in [0, 0.1) is 0 Å². The first-order chi connectivity index (χ1) is 11.6. The summed E-state index contributed by atoms with van der Waals surface area (Å²) in [7, 11) is 2.07. The molecule has 24 heavy (non-hydrogen) atoms. The second kappa shape index (κ2) is 6.06. The number of benzene rings is 1. The fraction of sp³-hybridized carbons (Fsp3) is 0.474. The van der Waals surface area contributed by atoms with Crippen molar-refractivity contribution >= 4 is 16.7 Å². The molecule has 126 valence electrons. The van der Waals surface area contributed by atoms with Gasteiger partial charge in [-0.2, -0.15) is 0 Å². The van der Waals surface area contributed by atoms with Gasteiger partial charge < -0.3 is 14.4 Å². The van der Waals surface area contributed by atoms with E-state index in [0.717, 1.165) is 50.8 Å². The number of carbonyl (C=O) groups is 1. The molecule has 1 aliphatic heterocycles. The van der Waals surface area contributed by atoms with Crippen LogP contribution in [0.2, 0.25) is 0 Å². The Hall–Kier alpha value is -2.14. The molecule has 2 heterocycles. The lowest BCUT2D eigenvalue weighted by Gasteiger charge is -2.35. The highest BCUT2D eigenvalue weighted by Gasteiger charge is 2.29. The van der Waals surface area contributed by atoms with Gasteiger partial charge in [-0.3, -0.25) is 9.59 Å². The Morgan fingerprint density at radius 3 is 2.46 bits per heavy atom. The van der Waals surface area contributed by atoms with E-state index < -0.39 is 0 Å². The number of hydrogen-bond donors (Lipinski definition) is 0. The Morgan fingerprint density at radius 2 is 1.79 bits per heavy atom. The molecule has 5 nitrogen and oxygen atoms in total. The standard InChI is InChI=1S/C19H23N3O2/c1-20-9-11-21(12-10-20)19(24)17-13-14-5-2-3-8-16(14)18(23)22(17)15-6-4-7-15/h2-3,5,8,13,15H,4,6-7,9-12H2,1H3. The zero-order valence-electron chi connectivity index (χ0n) is 14.1. The number of hydrogen-bond acceptors (Lipinski definition) is 3. The van der Waals surface area contributed by atoms with E-state index in [1.54, 1.807) is 4.57 Å². The van der Waals surface area contributed by atoms with Crippen LogP contribution in [-0.4, -0.2) is 53.5 Å². The van der Waals surface area contributed by atoms with Crippen LogP contribution >= 0.6 is 0 Å². The Balaban J connectivity index is 1.81. The van der Waals surface area contributed by atoms with Gasteiger partial charge in [0.15, 0.2) is 0 Å². The molecular weight excluding hydrogens is 302 g/mol. The lowest BCUT2D eigenvalue weighted by Crippen LogP contribution is -2.48. The first kappa shape index (κ1) is 15.4. The molecule has 1 amide bonds. The fourth-order valence-electron chi connectivity index (χ4n) is 3.62. The van der Waals surface area contributed by atoms with Crippen molar-refractivity contribution in [1.29, 1.82) is 0 Å². The molecule has 1 aliphatic carbocycles. The van der Waals surface area contributed by atoms with Crippen LogP contribution in [0.3, 0.4) is 0 Å². The summed E-state index contributed by atoms with van der Waals surface area (Å²) in [4.78, 5) is 30.2. The average Bonchev–Trinajstić information content (AvgIpc) is 2.55. The SMILES string of the molecule is CN1CCN(C(=O)c2cc3ccccc3c(=O)n2C2CCC2)CC1. The molecule has 1 aromatic heterocycles. The molecular formula is C19H23N3O2. The first-order valence-corrected chi connectivity index (χ1v) is 8.77. The van der Waals surface area contributed by atoms with Gasteiger partial charge in [0.25, 0.3) is 11.5 Å². The molecule has 5 heteroatoms. The highest BCUT2D eigenvalue weighted by atomic mass is 16.2. The second-order valence-corrected chi connectivity index (χ2v) is 6.97. The Morgan fingerprint density at radius 1 is 1.08 bits per heavy atom. The molecule has 4 rings (SSSR count). The van der Waals surface area contributed by atoms with E-state index in [0.29, 0.717) is 11.1 Å². The summed E-state index contributed by atoms with van der Waals surface area (Å²) in [6.45, 7) is 3.21. The normalized spacial score (nSPS) is 19.5. The Kier molecular flexibility index (Phi) is 3.88. The van der Waals surface area contributed by atoms with Crippen molar-refractivity contribution in [2.24, 2.45) is 0 Å². The largest absolute Gasteiger partial charge is 0.335 e. The third-order valence-electron chi connectivity index (χ3n) is 5.41. The quantitative estimate of drug-likeness (QED) is 0.849. The van der Waals surface area contributed by atoms with E-state index in [4.69, 9.17) is 0 Å². The van der Waals surface area contributed by atoms with Crippen LogP contribution in [-0.2, 0) is 0 Å². The molecule has 0 spiro atoms. The molecule has 0 unspecified atom stereocenters. The molecule has 2 aromatic rings. The number of likely N-dealkylation sites (N-methyl/N-ethyl adjacent to an activating group) is 1. The number of nitrogens with zero attached hydrogens (tertiary/aromatic N) is 3. The minimum Gasteiger partial charge on any atom is -0.335 e. The van der Waals surface area contributed by atoms with Gasteiger partial charge in [0.1, 0.15) is 5.69 Å². The van der Waals surface area contributed by atoms with Crippen molar-refractivity contribution in [2.45, 2.75) is 25.3 Å². The second-order valence-electron chi connectivity index (χ2n) is 6.97. The van der Waals surface area contributed by atoms with Crippen molar-refractivity contribution in [1.82, 2.24) is 14.4 Å². The predicted molar refractivity (Wildman–Crippen MR) is 94.5 cm³/mol. The summed E-state index contributed by atoms with van der Waals surface area (Å²) in [6, 6.07) is 9.67. The molecule has 0 N–H and O–H groups in total. The van der Waals surface area contributed by atoms with E-state index >= 15 is 0 Å². The summed E-state index contributed by atoms with van der Waals surface area (Å²) in [5.41, 5.74) is 0.545. The summed E-state index contributed by atoms with van der Waals surface area (Å²) < 4.78 is 1.77. The molecule has 0 radical (unpaired) electrons. The van der Waals surface area contributed by atoms with Crippen LogP contribution in [0.25, 0.3) is 10.8 Å². The monoisotopic (exact) mass is 325 g/mol. The number of piperazine rings is 1. The molecule has 2 aliphatic rings. The minimum absolute atomic E-state index is 0.00199. The van der Waals surface area contributed by atoms with Crippen LogP contribution in [0.1, 0.15) is 35.8 Å². The van der Waals surface area contributed by atoms with Gasteiger partial charge in [-0.05, 0) is 43.8 Å². The fourth-order valence-corrected chi connectivity index (χ4v) is 3.62. The summed E-state index contributed by atoms with van der Waals surface area (Å²) >= 11 is 0. The van der Waals surface area contributed by atoms with Crippen molar-refractivity contribution in [3.63, 3.8) is 0 Å². The van der Waals surface area contributed by atoms with E-state index in [2.05, 4.69) is 11.9 Å². The highest BCUT2D eigenvalue weighted by Crippen LogP contribution is 2.32. The molecule has 1 saturated carbocycles. The average molecular weight is 325 g/mol. The minimum atomic E-state index is -0.0183. The van der Waals surface area contributed by atoms with Crippen LogP contribution in [0.15, 0.2) is 35.1 Å². The number of carbonyl (C=O) groups excluding carboxylic acids is 1. The van der Waals surface area contributed by atoms with Gasteiger partial charge in [-0.15, -0.1) is 0 Å². The number of pyridine rings is 1. The van der Waals surface area contributed by atoms with Crippen LogP contribution in [0.4, 0.5) is 0 Å². The number of rotatable bonds is 2. The Labute approximate surface area is 141 Å². The number of fused-ring (bicyclic) bond motifs is 1. The van der Waals surface area contributed by atoms with Crippen LogP contribution in [0.5, 0.6) is 0 Å². The van der Waals surface area contributed by atoms with E-state index in [1.165, 1.54) is 0 Å². The lowest BCUT2D eigenvalue weighted by molar-refractivity contribution is 0.0645. The van der Waals surface area contributed by atoms with Crippen molar-refractivity contribution in [2.75, 3.05) is 33.2 Å². The lowest BCUT2D eigenvalue weighted by atomic mass is 9.92. The Bertz CT molecular complexity index is 830. The molecule has 1 aromatic carbocycles. The highest BCUT2D eigenvalue weighted by molar-refractivity contribution is 5.96. The first-order valence-electron chi connectivity index (χ1n) is 8.77. The van der Waals surface area contributed by atoms with E-state index in [1.807, 2.05) is 35.2 Å². The van der Waals surface area contributed by atoms with Crippen LogP contribution < -0.4 is 5.56 Å². The topological polar surface area (TPSA) is 45.6 Å². The summed E-state index contributed by atoms with van der Waals surface area (Å²) in [6.07, 6.45) is 3.11. The van der Waals surface area contributed by atoms with Crippen molar-refractivity contribution in [3.8, 4) is 0 Å². The molecule has 2 fully saturated rings. The smallest absolute Gasteiger partial charge is 0.270 e. The van der Waals surface area contributed by atoms with Gasteiger partial charge in [0.2, 0.25) is 0 Å². The van der Waals surface area contributed by atoms with Gasteiger partial charge in [0.05, 0.1) is 0 Å². The molecule has 0 atom stereocenters. The van der Waals surface area contributed by atoms with Gasteiger partial charge in [-0.1, -0.05) is 18.2 Å². The van der Waals surface area contributed by atoms with Crippen molar-refractivity contribution < 1.29 is 4.79 Å². The zero-order valence-corrected chi connectivity index (χ0v) is 14.1. The van der Waals surface area contributed by atoms with Crippen molar-refractivity contribution in [3.05, 3.63) is 46.4 Å². The van der Waals surface area contributed by atoms with Gasteiger partial charge in [0, 0.05) is 37.6 Å². The summed E-state index contributed by atoms with van der Waals surface area (Å²) in [5, 5.41) is 1.56. The maximum Gasteiger partial charge on any atom is 0.270 e. The van der Waals surface area contributed by atoms with E-state index in [9.17, 15) is 9.59 Å². The number of aromatic nitrogens is 1. The van der Waals surface area contributed by atoms with Gasteiger partial charge in [-0.25, -0.2) is 0 Å². The zero-order chi connectivity index (χ0) is 16.7. The third kappa shape index (κ3) is 2.53. The van der Waals surface area contributed by atoms with Gasteiger partial charge >= 0.3 is 0 Å². The maximum atomic E-state index is 13.1.